The first kappa shape index (κ1) is 16.1. The fourth-order valence-electron chi connectivity index (χ4n) is 3.80. The summed E-state index contributed by atoms with van der Waals surface area (Å²) >= 11 is 0. The van der Waals surface area contributed by atoms with Crippen LogP contribution in [0.25, 0.3) is 0 Å². The summed E-state index contributed by atoms with van der Waals surface area (Å²) in [6.07, 6.45) is 7.26. The summed E-state index contributed by atoms with van der Waals surface area (Å²) in [5.74, 6) is -0.691. The molecule has 1 aliphatic heterocycles. The van der Waals surface area contributed by atoms with Gasteiger partial charge in [-0.1, -0.05) is 19.8 Å². The Labute approximate surface area is 127 Å². The highest BCUT2D eigenvalue weighted by molar-refractivity contribution is 5.76. The zero-order chi connectivity index (χ0) is 15.4. The molecule has 0 radical (unpaired) electrons. The predicted molar refractivity (Wildman–Crippen MR) is 81.1 cm³/mol. The van der Waals surface area contributed by atoms with Crippen molar-refractivity contribution in [2.24, 2.45) is 11.8 Å². The SMILES string of the molecule is CCN(CC(C)C(=O)O)C(=O)N1CCCC1C1CCCC1. The molecule has 1 N–H and O–H groups in total. The quantitative estimate of drug-likeness (QED) is 0.848. The maximum Gasteiger partial charge on any atom is 0.320 e. The Balaban J connectivity index is 2.00. The molecule has 5 nitrogen and oxygen atoms in total. The number of carboxylic acids is 1. The lowest BCUT2D eigenvalue weighted by Crippen LogP contribution is -2.49. The second-order valence-corrected chi connectivity index (χ2v) is 6.51. The molecule has 2 fully saturated rings. The van der Waals surface area contributed by atoms with Gasteiger partial charge in [0.05, 0.1) is 5.92 Å². The lowest BCUT2D eigenvalue weighted by atomic mass is 9.96. The van der Waals surface area contributed by atoms with E-state index in [9.17, 15) is 9.59 Å². The number of likely N-dealkylation sites (tertiary alicyclic amines) is 1. The van der Waals surface area contributed by atoms with Crippen LogP contribution in [0, 0.1) is 11.8 Å². The van der Waals surface area contributed by atoms with E-state index in [1.54, 1.807) is 11.8 Å². The zero-order valence-corrected chi connectivity index (χ0v) is 13.3. The highest BCUT2D eigenvalue weighted by atomic mass is 16.4. The fourth-order valence-corrected chi connectivity index (χ4v) is 3.80. The van der Waals surface area contributed by atoms with E-state index in [4.69, 9.17) is 5.11 Å². The maximum atomic E-state index is 12.8. The molecule has 2 atom stereocenters. The Morgan fingerprint density at radius 3 is 2.48 bits per heavy atom. The Morgan fingerprint density at radius 1 is 1.24 bits per heavy atom. The Morgan fingerprint density at radius 2 is 1.90 bits per heavy atom. The third-order valence-electron chi connectivity index (χ3n) is 5.06. The van der Waals surface area contributed by atoms with E-state index in [1.807, 2.05) is 11.8 Å². The molecule has 0 aromatic rings. The van der Waals surface area contributed by atoms with Crippen LogP contribution in [0.2, 0.25) is 0 Å². The lowest BCUT2D eigenvalue weighted by Gasteiger charge is -2.34. The van der Waals surface area contributed by atoms with Gasteiger partial charge in [0.1, 0.15) is 0 Å². The van der Waals surface area contributed by atoms with Crippen molar-refractivity contribution in [3.63, 3.8) is 0 Å². The second-order valence-electron chi connectivity index (χ2n) is 6.51. The fraction of sp³-hybridized carbons (Fsp3) is 0.875. The van der Waals surface area contributed by atoms with Crippen LogP contribution in [-0.2, 0) is 4.79 Å². The zero-order valence-electron chi connectivity index (χ0n) is 13.3. The standard InChI is InChI=1S/C16H28N2O3/c1-3-17(11-12(2)15(19)20)16(21)18-10-6-9-14(18)13-7-4-5-8-13/h12-14H,3-11H2,1-2H3,(H,19,20). The largest absolute Gasteiger partial charge is 0.481 e. The molecule has 21 heavy (non-hydrogen) atoms. The molecule has 1 saturated carbocycles. The lowest BCUT2D eigenvalue weighted by molar-refractivity contribution is -0.141. The van der Waals surface area contributed by atoms with Gasteiger partial charge in [0.15, 0.2) is 0 Å². The van der Waals surface area contributed by atoms with E-state index in [0.717, 1.165) is 19.4 Å². The summed E-state index contributed by atoms with van der Waals surface area (Å²) in [6.45, 7) is 5.30. The van der Waals surface area contributed by atoms with Crippen LogP contribution < -0.4 is 0 Å². The van der Waals surface area contributed by atoms with Gasteiger partial charge in [-0.2, -0.15) is 0 Å². The molecule has 0 spiro atoms. The van der Waals surface area contributed by atoms with Crippen LogP contribution in [0.4, 0.5) is 4.79 Å². The molecular weight excluding hydrogens is 268 g/mol. The summed E-state index contributed by atoms with van der Waals surface area (Å²) in [7, 11) is 0. The number of rotatable bonds is 5. The van der Waals surface area contributed by atoms with E-state index in [2.05, 4.69) is 0 Å². The van der Waals surface area contributed by atoms with Gasteiger partial charge in [0, 0.05) is 25.7 Å². The monoisotopic (exact) mass is 296 g/mol. The van der Waals surface area contributed by atoms with Crippen molar-refractivity contribution in [3.05, 3.63) is 0 Å². The summed E-state index contributed by atoms with van der Waals surface area (Å²) < 4.78 is 0. The van der Waals surface area contributed by atoms with Crippen LogP contribution in [0.15, 0.2) is 0 Å². The van der Waals surface area contributed by atoms with Gasteiger partial charge < -0.3 is 14.9 Å². The van der Waals surface area contributed by atoms with Crippen LogP contribution in [0.3, 0.4) is 0 Å². The van der Waals surface area contributed by atoms with Crippen molar-refractivity contribution in [1.29, 1.82) is 0 Å². The minimum absolute atomic E-state index is 0.0417. The summed E-state index contributed by atoms with van der Waals surface area (Å²) in [6, 6.07) is 0.425. The first-order valence-electron chi connectivity index (χ1n) is 8.33. The van der Waals surface area contributed by atoms with Crippen LogP contribution >= 0.6 is 0 Å². The highest BCUT2D eigenvalue weighted by Crippen LogP contribution is 2.35. The average Bonchev–Trinajstić information content (AvgIpc) is 3.12. The predicted octanol–water partition coefficient (Wildman–Crippen LogP) is 2.80. The van der Waals surface area contributed by atoms with E-state index >= 15 is 0 Å². The maximum absolute atomic E-state index is 12.8. The number of aliphatic carboxylic acids is 1. The number of carbonyl (C=O) groups is 2. The number of hydrogen-bond acceptors (Lipinski definition) is 2. The highest BCUT2D eigenvalue weighted by Gasteiger charge is 2.37. The molecule has 0 aromatic heterocycles. The molecule has 2 amide bonds. The molecular formula is C16H28N2O3. The van der Waals surface area contributed by atoms with Crippen molar-refractivity contribution in [2.75, 3.05) is 19.6 Å². The number of nitrogens with zero attached hydrogens (tertiary/aromatic N) is 2. The van der Waals surface area contributed by atoms with Gasteiger partial charge in [0.2, 0.25) is 0 Å². The minimum Gasteiger partial charge on any atom is -0.481 e. The topological polar surface area (TPSA) is 60.9 Å². The first-order chi connectivity index (χ1) is 10.0. The molecule has 1 aliphatic carbocycles. The van der Waals surface area contributed by atoms with Crippen molar-refractivity contribution < 1.29 is 14.7 Å². The van der Waals surface area contributed by atoms with Crippen LogP contribution in [0.5, 0.6) is 0 Å². The normalized spacial score (nSPS) is 24.3. The molecule has 5 heteroatoms. The van der Waals surface area contributed by atoms with Crippen molar-refractivity contribution >= 4 is 12.0 Å². The molecule has 120 valence electrons. The number of carbonyl (C=O) groups excluding carboxylic acids is 1. The molecule has 2 unspecified atom stereocenters. The third kappa shape index (κ3) is 3.69. The number of carboxylic acid groups (broad SMARTS) is 1. The van der Waals surface area contributed by atoms with Crippen molar-refractivity contribution in [2.45, 2.75) is 58.4 Å². The van der Waals surface area contributed by atoms with E-state index < -0.39 is 11.9 Å². The van der Waals surface area contributed by atoms with Gasteiger partial charge in [-0.05, 0) is 38.5 Å². The summed E-state index contributed by atoms with van der Waals surface area (Å²) in [4.78, 5) is 27.5. The molecule has 0 bridgehead atoms. The van der Waals surface area contributed by atoms with Gasteiger partial charge in [-0.25, -0.2) is 4.79 Å². The van der Waals surface area contributed by atoms with Gasteiger partial charge in [0.25, 0.3) is 0 Å². The van der Waals surface area contributed by atoms with E-state index in [1.165, 1.54) is 25.7 Å². The minimum atomic E-state index is -0.838. The van der Waals surface area contributed by atoms with Crippen molar-refractivity contribution in [3.8, 4) is 0 Å². The van der Waals surface area contributed by atoms with Gasteiger partial charge >= 0.3 is 12.0 Å². The number of amides is 2. The Hall–Kier alpha value is -1.26. The molecule has 1 heterocycles. The second kappa shape index (κ2) is 7.14. The first-order valence-corrected chi connectivity index (χ1v) is 8.33. The number of urea groups is 1. The molecule has 2 aliphatic rings. The van der Waals surface area contributed by atoms with E-state index in [-0.39, 0.29) is 6.03 Å². The molecule has 2 rings (SSSR count). The van der Waals surface area contributed by atoms with Gasteiger partial charge in [-0.3, -0.25) is 4.79 Å². The van der Waals surface area contributed by atoms with Crippen molar-refractivity contribution in [1.82, 2.24) is 9.80 Å². The summed E-state index contributed by atoms with van der Waals surface area (Å²) in [5, 5.41) is 9.05. The Bertz CT molecular complexity index is 380. The smallest absolute Gasteiger partial charge is 0.320 e. The summed E-state index contributed by atoms with van der Waals surface area (Å²) in [5.41, 5.74) is 0. The molecule has 0 aromatic carbocycles. The Kier molecular flexibility index (Phi) is 5.48. The van der Waals surface area contributed by atoms with E-state index in [0.29, 0.717) is 25.0 Å². The van der Waals surface area contributed by atoms with Gasteiger partial charge in [-0.15, -0.1) is 0 Å². The average molecular weight is 296 g/mol. The van der Waals surface area contributed by atoms with Crippen LogP contribution in [-0.4, -0.2) is 52.6 Å². The molecule has 1 saturated heterocycles. The van der Waals surface area contributed by atoms with Crippen LogP contribution in [0.1, 0.15) is 52.4 Å². The third-order valence-corrected chi connectivity index (χ3v) is 5.06. The number of hydrogen-bond donors (Lipinski definition) is 1.